The monoisotopic (exact) mass is 319 g/mol. The molecule has 3 rings (SSSR count). The molecule has 1 amide bonds. The van der Waals surface area contributed by atoms with Crippen LogP contribution in [0.3, 0.4) is 0 Å². The van der Waals surface area contributed by atoms with E-state index in [0.717, 1.165) is 18.3 Å². The van der Waals surface area contributed by atoms with Crippen LogP contribution < -0.4 is 5.32 Å². The van der Waals surface area contributed by atoms with Crippen molar-refractivity contribution < 1.29 is 9.53 Å². The number of hydrogen-bond donors (Lipinski definition) is 1. The van der Waals surface area contributed by atoms with E-state index in [2.05, 4.69) is 5.32 Å². The van der Waals surface area contributed by atoms with E-state index in [4.69, 9.17) is 9.73 Å². The van der Waals surface area contributed by atoms with Gasteiger partial charge in [0.2, 0.25) is 5.91 Å². The largest absolute Gasteiger partial charge is 0.378 e. The van der Waals surface area contributed by atoms with Crippen LogP contribution in [0.25, 0.3) is 0 Å². The maximum Gasteiger partial charge on any atom is 0.233 e. The number of amidine groups is 1. The Kier molecular flexibility index (Phi) is 5.99. The number of morpholine rings is 1. The number of carbonyl (C=O) groups excluding carboxylic acids is 1. The van der Waals surface area contributed by atoms with Gasteiger partial charge in [0, 0.05) is 13.1 Å². The summed E-state index contributed by atoms with van der Waals surface area (Å²) in [4.78, 5) is 18.6. The molecule has 2 heterocycles. The quantitative estimate of drug-likeness (QED) is 0.833. The summed E-state index contributed by atoms with van der Waals surface area (Å²) in [6, 6.07) is 0.976. The molecule has 1 aliphatic carbocycles. The van der Waals surface area contributed by atoms with Crippen molar-refractivity contribution in [3.8, 4) is 0 Å². The molecule has 3 aliphatic rings. The Morgan fingerprint density at radius 1 is 1.35 bits per heavy atom. The minimum atomic E-state index is 0. The lowest BCUT2D eigenvalue weighted by molar-refractivity contribution is -0.132. The van der Waals surface area contributed by atoms with Crippen LogP contribution in [0.2, 0.25) is 0 Å². The van der Waals surface area contributed by atoms with Crippen LogP contribution in [0.5, 0.6) is 0 Å². The molecule has 1 saturated carbocycles. The number of thioether (sulfide) groups is 1. The lowest BCUT2D eigenvalue weighted by Crippen LogP contribution is -2.42. The van der Waals surface area contributed by atoms with E-state index in [1.165, 1.54) is 25.7 Å². The van der Waals surface area contributed by atoms with Gasteiger partial charge in [-0.1, -0.05) is 24.6 Å². The van der Waals surface area contributed by atoms with Crippen molar-refractivity contribution in [2.45, 2.75) is 37.8 Å². The molecule has 1 saturated heterocycles. The number of carbonyl (C=O) groups is 1. The highest BCUT2D eigenvalue weighted by atomic mass is 35.5. The van der Waals surface area contributed by atoms with Crippen LogP contribution in [0.1, 0.15) is 25.7 Å². The Bertz CT molecular complexity index is 375. The van der Waals surface area contributed by atoms with Crippen LogP contribution in [0, 0.1) is 0 Å². The van der Waals surface area contributed by atoms with Gasteiger partial charge in [-0.15, -0.1) is 12.4 Å². The van der Waals surface area contributed by atoms with Gasteiger partial charge < -0.3 is 15.0 Å². The van der Waals surface area contributed by atoms with E-state index < -0.39 is 0 Å². The van der Waals surface area contributed by atoms with Crippen LogP contribution in [-0.2, 0) is 9.53 Å². The standard InChI is InChI=1S/C13H21N3O2S.ClH/c17-12(16-5-7-18-8-6-16)9-19-13-14-10-3-1-2-4-11(10)15-13;/h10-11H,1-9H2,(H,14,15);1H/t10-,11-;/m0./s1. The van der Waals surface area contributed by atoms with E-state index in [-0.39, 0.29) is 18.3 Å². The number of amides is 1. The van der Waals surface area contributed by atoms with Crippen LogP contribution in [0.15, 0.2) is 4.99 Å². The Morgan fingerprint density at radius 3 is 2.85 bits per heavy atom. The molecule has 2 fully saturated rings. The second-order valence-corrected chi connectivity index (χ2v) is 6.28. The second kappa shape index (κ2) is 7.52. The molecule has 0 spiro atoms. The second-order valence-electron chi connectivity index (χ2n) is 5.32. The molecular weight excluding hydrogens is 298 g/mol. The predicted octanol–water partition coefficient (Wildman–Crippen LogP) is 1.27. The Balaban J connectivity index is 0.00000147. The first kappa shape index (κ1) is 15.9. The van der Waals surface area contributed by atoms with Crippen molar-refractivity contribution in [3.05, 3.63) is 0 Å². The Morgan fingerprint density at radius 2 is 2.10 bits per heavy atom. The van der Waals surface area contributed by atoms with Crippen molar-refractivity contribution >= 4 is 35.2 Å². The van der Waals surface area contributed by atoms with Gasteiger partial charge in [-0.25, -0.2) is 0 Å². The molecule has 2 atom stereocenters. The minimum Gasteiger partial charge on any atom is -0.378 e. The first-order chi connectivity index (χ1) is 9.33. The molecular formula is C13H22ClN3O2S. The summed E-state index contributed by atoms with van der Waals surface area (Å²) in [7, 11) is 0. The molecule has 1 N–H and O–H groups in total. The van der Waals surface area contributed by atoms with Crippen LogP contribution in [0.4, 0.5) is 0 Å². The smallest absolute Gasteiger partial charge is 0.233 e. The molecule has 114 valence electrons. The van der Waals surface area contributed by atoms with Gasteiger partial charge in [0.25, 0.3) is 0 Å². The zero-order valence-electron chi connectivity index (χ0n) is 11.5. The first-order valence-corrected chi connectivity index (χ1v) is 8.14. The van der Waals surface area contributed by atoms with E-state index in [1.54, 1.807) is 11.8 Å². The van der Waals surface area contributed by atoms with Crippen LogP contribution in [-0.4, -0.2) is 60.1 Å². The number of hydrogen-bond acceptors (Lipinski definition) is 5. The van der Waals surface area contributed by atoms with Gasteiger partial charge in [0.1, 0.15) is 0 Å². The third-order valence-corrected chi connectivity index (χ3v) is 4.91. The highest BCUT2D eigenvalue weighted by Gasteiger charge is 2.31. The zero-order chi connectivity index (χ0) is 13.1. The predicted molar refractivity (Wildman–Crippen MR) is 83.7 cm³/mol. The van der Waals surface area contributed by atoms with Gasteiger partial charge >= 0.3 is 0 Å². The third-order valence-electron chi connectivity index (χ3n) is 4.02. The number of ether oxygens (including phenoxy) is 1. The van der Waals surface area contributed by atoms with Gasteiger partial charge in [0.15, 0.2) is 5.17 Å². The number of aliphatic imine (C=N–C) groups is 1. The molecule has 0 aromatic rings. The average molecular weight is 320 g/mol. The van der Waals surface area contributed by atoms with E-state index in [1.807, 2.05) is 4.90 Å². The van der Waals surface area contributed by atoms with E-state index in [0.29, 0.717) is 31.1 Å². The molecule has 7 heteroatoms. The summed E-state index contributed by atoms with van der Waals surface area (Å²) < 4.78 is 5.26. The summed E-state index contributed by atoms with van der Waals surface area (Å²) in [5.74, 6) is 0.693. The molecule has 0 radical (unpaired) electrons. The first-order valence-electron chi connectivity index (χ1n) is 7.15. The van der Waals surface area contributed by atoms with Gasteiger partial charge in [-0.05, 0) is 12.8 Å². The van der Waals surface area contributed by atoms with Gasteiger partial charge in [-0.2, -0.15) is 0 Å². The van der Waals surface area contributed by atoms with Gasteiger partial charge in [0.05, 0.1) is 31.1 Å². The van der Waals surface area contributed by atoms with Crippen molar-refractivity contribution in [3.63, 3.8) is 0 Å². The highest BCUT2D eigenvalue weighted by Crippen LogP contribution is 2.27. The molecule has 0 aromatic heterocycles. The lowest BCUT2D eigenvalue weighted by atomic mass is 9.92. The third kappa shape index (κ3) is 3.80. The summed E-state index contributed by atoms with van der Waals surface area (Å²) in [5.41, 5.74) is 0. The maximum absolute atomic E-state index is 12.0. The van der Waals surface area contributed by atoms with Crippen molar-refractivity contribution in [1.29, 1.82) is 0 Å². The van der Waals surface area contributed by atoms with Gasteiger partial charge in [-0.3, -0.25) is 9.79 Å². The van der Waals surface area contributed by atoms with Crippen molar-refractivity contribution in [2.75, 3.05) is 32.1 Å². The van der Waals surface area contributed by atoms with Crippen molar-refractivity contribution in [2.24, 2.45) is 4.99 Å². The summed E-state index contributed by atoms with van der Waals surface area (Å²) in [5, 5.41) is 4.44. The topological polar surface area (TPSA) is 53.9 Å². The number of fused-ring (bicyclic) bond motifs is 1. The molecule has 0 bridgehead atoms. The maximum atomic E-state index is 12.0. The van der Waals surface area contributed by atoms with E-state index in [9.17, 15) is 4.79 Å². The average Bonchev–Trinajstić information content (AvgIpc) is 2.88. The normalized spacial score (nSPS) is 29.0. The number of nitrogens with one attached hydrogen (secondary N) is 1. The van der Waals surface area contributed by atoms with Crippen LogP contribution >= 0.6 is 24.2 Å². The Hall–Kier alpha value is -0.460. The molecule has 5 nitrogen and oxygen atoms in total. The number of nitrogens with zero attached hydrogens (tertiary/aromatic N) is 2. The molecule has 0 unspecified atom stereocenters. The summed E-state index contributed by atoms with van der Waals surface area (Å²) >= 11 is 1.56. The minimum absolute atomic E-state index is 0. The summed E-state index contributed by atoms with van der Waals surface area (Å²) in [6.45, 7) is 2.79. The summed E-state index contributed by atoms with van der Waals surface area (Å²) in [6.07, 6.45) is 5.00. The molecule has 0 aromatic carbocycles. The SMILES string of the molecule is Cl.O=C(CSC1=N[C@H]2CCCC[C@@H]2N1)N1CCOCC1. The lowest BCUT2D eigenvalue weighted by Gasteiger charge is -2.26. The number of halogens is 1. The highest BCUT2D eigenvalue weighted by molar-refractivity contribution is 8.14. The number of rotatable bonds is 2. The fourth-order valence-electron chi connectivity index (χ4n) is 2.89. The van der Waals surface area contributed by atoms with E-state index >= 15 is 0 Å². The fraction of sp³-hybridized carbons (Fsp3) is 0.846. The molecule has 20 heavy (non-hydrogen) atoms. The zero-order valence-corrected chi connectivity index (χ0v) is 13.2. The fourth-order valence-corrected chi connectivity index (χ4v) is 3.78. The van der Waals surface area contributed by atoms with Crippen molar-refractivity contribution in [1.82, 2.24) is 10.2 Å². The molecule has 2 aliphatic heterocycles. The Labute approximate surface area is 130 Å².